The number of unbranched alkanes of at least 4 members (excludes halogenated alkanes) is 3. The van der Waals surface area contributed by atoms with E-state index in [0.29, 0.717) is 0 Å². The Morgan fingerprint density at radius 2 is 0.592 bits per heavy atom. The molecule has 0 radical (unpaired) electrons. The molecule has 0 aromatic heterocycles. The first kappa shape index (κ1) is 49.8. The lowest BCUT2D eigenvalue weighted by molar-refractivity contribution is 0.800. The molecule has 0 fully saturated rings. The Morgan fingerprint density at radius 1 is 0.324 bits per heavy atom. The standard InChI is InChI=1S/C67H69NP2Si/c1-5-8-49-71(50-9-6-2,51-10-7-3)67-48-39-62(52-53(67)4)68(69(63-40-31-58(32-41-63)54-23-15-11-16-24-54)64-42-33-59(34-43-64)55-25-17-12-18-26-55)70(65-44-35-60(36-45-65)56-27-19-13-20-28-56)66-46-37-61(38-47-66)57-29-21-14-22-30-57/h11-48,52H,5-10,49-51H2,1-4H3. The summed E-state index contributed by atoms with van der Waals surface area (Å²) in [4.78, 5) is 0. The molecule has 0 saturated carbocycles. The van der Waals surface area contributed by atoms with E-state index in [0.717, 1.165) is 0 Å². The fraction of sp³-hybridized carbons (Fsp3) is 0.194. The quantitative estimate of drug-likeness (QED) is 0.0512. The molecule has 356 valence electrons. The maximum absolute atomic E-state index is 2.90. The van der Waals surface area contributed by atoms with E-state index in [1.165, 1.54) is 134 Å². The molecule has 0 spiro atoms. The van der Waals surface area contributed by atoms with E-state index < -0.39 is 24.2 Å². The van der Waals surface area contributed by atoms with Crippen molar-refractivity contribution >= 4 is 56.3 Å². The van der Waals surface area contributed by atoms with Crippen LogP contribution >= 0.6 is 16.1 Å². The van der Waals surface area contributed by atoms with E-state index >= 15 is 0 Å². The van der Waals surface area contributed by atoms with Crippen LogP contribution in [0.4, 0.5) is 5.69 Å². The Bertz CT molecular complexity index is 2660. The highest BCUT2D eigenvalue weighted by atomic mass is 31.2. The Hall–Kier alpha value is -6.14. The van der Waals surface area contributed by atoms with Crippen molar-refractivity contribution in [3.63, 3.8) is 0 Å². The van der Waals surface area contributed by atoms with Crippen LogP contribution in [-0.2, 0) is 0 Å². The minimum Gasteiger partial charge on any atom is -0.313 e. The lowest BCUT2D eigenvalue weighted by Crippen LogP contribution is -2.49. The molecule has 0 aliphatic heterocycles. The van der Waals surface area contributed by atoms with Crippen molar-refractivity contribution in [1.82, 2.24) is 0 Å². The van der Waals surface area contributed by atoms with Crippen LogP contribution < -0.4 is 30.8 Å². The van der Waals surface area contributed by atoms with Crippen molar-refractivity contribution in [3.8, 4) is 44.5 Å². The highest BCUT2D eigenvalue weighted by Gasteiger charge is 2.37. The van der Waals surface area contributed by atoms with Crippen molar-refractivity contribution in [2.75, 3.05) is 4.44 Å². The van der Waals surface area contributed by atoms with E-state index in [-0.39, 0.29) is 0 Å². The summed E-state index contributed by atoms with van der Waals surface area (Å²) >= 11 is 0. The summed E-state index contributed by atoms with van der Waals surface area (Å²) in [7, 11) is -4.10. The number of aryl methyl sites for hydroxylation is 1. The van der Waals surface area contributed by atoms with Gasteiger partial charge in [0.25, 0.3) is 0 Å². The third-order valence-corrected chi connectivity index (χ3v) is 25.4. The smallest absolute Gasteiger partial charge is 0.0870 e. The predicted octanol–water partition coefficient (Wildman–Crippen LogP) is 17.6. The third-order valence-electron chi connectivity index (χ3n) is 14.3. The third kappa shape index (κ3) is 11.8. The number of nitrogens with zero attached hydrogens (tertiary/aromatic N) is 1. The lowest BCUT2D eigenvalue weighted by Gasteiger charge is -2.42. The van der Waals surface area contributed by atoms with Gasteiger partial charge in [0.15, 0.2) is 0 Å². The van der Waals surface area contributed by atoms with Crippen molar-refractivity contribution in [1.29, 1.82) is 0 Å². The van der Waals surface area contributed by atoms with Gasteiger partial charge >= 0.3 is 0 Å². The topological polar surface area (TPSA) is 3.24 Å². The minimum atomic E-state index is -1.81. The van der Waals surface area contributed by atoms with Crippen LogP contribution in [-0.4, -0.2) is 8.07 Å². The molecule has 0 amide bonds. The average Bonchev–Trinajstić information content (AvgIpc) is 3.44. The molecule has 1 nitrogen and oxygen atoms in total. The van der Waals surface area contributed by atoms with Gasteiger partial charge in [-0.3, -0.25) is 0 Å². The number of benzene rings is 9. The summed E-state index contributed by atoms with van der Waals surface area (Å²) in [5, 5.41) is 7.03. The highest BCUT2D eigenvalue weighted by molar-refractivity contribution is 7.90. The largest absolute Gasteiger partial charge is 0.313 e. The van der Waals surface area contributed by atoms with E-state index in [4.69, 9.17) is 0 Å². The SMILES string of the molecule is CCCC[Si](CCCC)(CCCC)c1ccc(N(P(c2ccc(-c3ccccc3)cc2)c2ccc(-c3ccccc3)cc2)P(c2ccc(-c3ccccc3)cc2)c2ccc(-c3ccccc3)cc2)cc1C. The van der Waals surface area contributed by atoms with Gasteiger partial charge in [0.1, 0.15) is 0 Å². The zero-order valence-electron chi connectivity index (χ0n) is 42.2. The van der Waals surface area contributed by atoms with E-state index in [9.17, 15) is 0 Å². The second-order valence-electron chi connectivity index (χ2n) is 19.2. The zero-order valence-corrected chi connectivity index (χ0v) is 45.0. The van der Waals surface area contributed by atoms with Crippen molar-refractivity contribution in [2.45, 2.75) is 84.4 Å². The molecule has 9 rings (SSSR count). The molecule has 4 heteroatoms. The molecule has 0 saturated heterocycles. The predicted molar refractivity (Wildman–Crippen MR) is 318 cm³/mol. The monoisotopic (exact) mass is 977 g/mol. The molecule has 71 heavy (non-hydrogen) atoms. The van der Waals surface area contributed by atoms with Gasteiger partial charge in [0.2, 0.25) is 0 Å². The normalized spacial score (nSPS) is 11.6. The van der Waals surface area contributed by atoms with Gasteiger partial charge in [0, 0.05) is 26.9 Å². The average molecular weight is 978 g/mol. The van der Waals surface area contributed by atoms with Crippen LogP contribution in [0.3, 0.4) is 0 Å². The summed E-state index contributed by atoms with van der Waals surface area (Å²) < 4.78 is 2.90. The number of hydrogen-bond acceptors (Lipinski definition) is 1. The summed E-state index contributed by atoms with van der Waals surface area (Å²) in [5.74, 6) is 0. The van der Waals surface area contributed by atoms with Gasteiger partial charge in [-0.2, -0.15) is 0 Å². The van der Waals surface area contributed by atoms with Crippen LogP contribution in [0, 0.1) is 6.92 Å². The molecule has 0 aliphatic rings. The first-order valence-electron chi connectivity index (χ1n) is 26.1. The van der Waals surface area contributed by atoms with Crippen molar-refractivity contribution in [3.05, 3.63) is 242 Å². The minimum absolute atomic E-state index is 1.15. The van der Waals surface area contributed by atoms with Gasteiger partial charge in [-0.05, 0) is 69.1 Å². The summed E-state index contributed by atoms with van der Waals surface area (Å²) in [5.41, 5.74) is 12.7. The Balaban J connectivity index is 1.29. The molecule has 0 heterocycles. The fourth-order valence-corrected chi connectivity index (χ4v) is 22.3. The fourth-order valence-electron chi connectivity index (χ4n) is 10.5. The molecular weight excluding hydrogens is 909 g/mol. The molecule has 0 atom stereocenters. The Kier molecular flexibility index (Phi) is 17.1. The van der Waals surface area contributed by atoms with Gasteiger partial charge in [-0.15, -0.1) is 0 Å². The van der Waals surface area contributed by atoms with E-state index in [1.54, 1.807) is 5.19 Å². The van der Waals surface area contributed by atoms with E-state index in [1.807, 2.05) is 0 Å². The number of anilines is 1. The lowest BCUT2D eigenvalue weighted by atomic mass is 10.1. The van der Waals surface area contributed by atoms with Crippen LogP contribution in [0.5, 0.6) is 0 Å². The van der Waals surface area contributed by atoms with E-state index in [2.05, 4.69) is 269 Å². The second-order valence-corrected chi connectivity index (χ2v) is 28.2. The first-order chi connectivity index (χ1) is 35.0. The van der Waals surface area contributed by atoms with Gasteiger partial charge in [0.05, 0.1) is 24.2 Å². The Labute approximate surface area is 429 Å². The Morgan fingerprint density at radius 3 is 0.845 bits per heavy atom. The molecule has 0 bridgehead atoms. The summed E-state index contributed by atoms with van der Waals surface area (Å²) in [6, 6.07) is 93.5. The first-order valence-corrected chi connectivity index (χ1v) is 31.3. The molecule has 9 aromatic rings. The van der Waals surface area contributed by atoms with Crippen LogP contribution in [0.15, 0.2) is 237 Å². The van der Waals surface area contributed by atoms with Gasteiger partial charge in [-0.25, -0.2) is 0 Å². The summed E-state index contributed by atoms with van der Waals surface area (Å²) in [6.07, 6.45) is 7.72. The summed E-state index contributed by atoms with van der Waals surface area (Å²) in [6.45, 7) is 9.61. The maximum Gasteiger partial charge on any atom is 0.0870 e. The zero-order chi connectivity index (χ0) is 48.8. The van der Waals surface area contributed by atoms with Gasteiger partial charge in [-0.1, -0.05) is 307 Å². The van der Waals surface area contributed by atoms with Crippen molar-refractivity contribution in [2.24, 2.45) is 0 Å². The molecule has 0 unspecified atom stereocenters. The van der Waals surface area contributed by atoms with Crippen molar-refractivity contribution < 1.29 is 0 Å². The molecule has 0 aliphatic carbocycles. The van der Waals surface area contributed by atoms with Crippen LogP contribution in [0.2, 0.25) is 18.1 Å². The van der Waals surface area contributed by atoms with Crippen LogP contribution in [0.25, 0.3) is 44.5 Å². The second kappa shape index (κ2) is 24.3. The molecular formula is C67H69NP2Si. The number of rotatable bonds is 21. The maximum atomic E-state index is 2.90. The molecule has 0 N–H and O–H groups in total. The van der Waals surface area contributed by atoms with Gasteiger partial charge < -0.3 is 4.44 Å². The number of hydrogen-bond donors (Lipinski definition) is 0. The van der Waals surface area contributed by atoms with Crippen LogP contribution in [0.1, 0.15) is 64.9 Å². The molecule has 9 aromatic carbocycles. The highest BCUT2D eigenvalue weighted by Crippen LogP contribution is 2.57.